The quantitative estimate of drug-likeness (QED) is 0.758. The van der Waals surface area contributed by atoms with Crippen LogP contribution in [0.2, 0.25) is 0 Å². The Morgan fingerprint density at radius 3 is 2.75 bits per heavy atom. The number of nitrogens with zero attached hydrogens (tertiary/aromatic N) is 2. The molecule has 2 heterocycles. The van der Waals surface area contributed by atoms with Gasteiger partial charge in [0.15, 0.2) is 0 Å². The first-order valence-electron chi connectivity index (χ1n) is 4.42. The number of carboxylic acids is 1. The van der Waals surface area contributed by atoms with Crippen molar-refractivity contribution >= 4 is 33.1 Å². The fourth-order valence-electron chi connectivity index (χ4n) is 1.58. The zero-order chi connectivity index (χ0) is 12.0. The number of fused-ring (bicyclic) bond motifs is 1. The molecule has 0 saturated heterocycles. The predicted octanol–water partition coefficient (Wildman–Crippen LogP) is 0.584. The number of nitrogens with two attached hydrogens (primary N) is 1. The first kappa shape index (κ1) is 10.6. The maximum absolute atomic E-state index is 11.7. The van der Waals surface area contributed by atoms with Gasteiger partial charge in [-0.05, 0) is 6.92 Å². The lowest BCUT2D eigenvalue weighted by Gasteiger charge is -2.00. The van der Waals surface area contributed by atoms with Gasteiger partial charge in [-0.3, -0.25) is 4.79 Å². The van der Waals surface area contributed by atoms with Crippen molar-refractivity contribution < 1.29 is 9.90 Å². The van der Waals surface area contributed by atoms with Crippen molar-refractivity contribution in [3.63, 3.8) is 0 Å². The number of thiophene rings is 1. The third kappa shape index (κ3) is 1.28. The molecule has 0 aliphatic rings. The molecule has 7 heteroatoms. The van der Waals surface area contributed by atoms with Crippen molar-refractivity contribution in [3.8, 4) is 0 Å². The molecule has 0 aromatic carbocycles. The van der Waals surface area contributed by atoms with E-state index in [4.69, 9.17) is 10.8 Å². The van der Waals surface area contributed by atoms with Crippen LogP contribution in [-0.4, -0.2) is 20.9 Å². The van der Waals surface area contributed by atoms with E-state index in [2.05, 4.69) is 5.10 Å². The van der Waals surface area contributed by atoms with Crippen molar-refractivity contribution in [2.45, 2.75) is 6.92 Å². The minimum atomic E-state index is -1.12. The summed E-state index contributed by atoms with van der Waals surface area (Å²) in [7, 11) is 1.52. The number of aromatic nitrogens is 2. The summed E-state index contributed by atoms with van der Waals surface area (Å²) >= 11 is 0.889. The highest BCUT2D eigenvalue weighted by Gasteiger charge is 2.20. The highest BCUT2D eigenvalue weighted by Crippen LogP contribution is 2.32. The number of nitrogen functional groups attached to an aromatic ring is 1. The summed E-state index contributed by atoms with van der Waals surface area (Å²) < 4.78 is 1.52. The zero-order valence-corrected chi connectivity index (χ0v) is 9.46. The van der Waals surface area contributed by atoms with Crippen LogP contribution < -0.4 is 11.3 Å². The molecule has 0 bridgehead atoms. The minimum absolute atomic E-state index is 0.0109. The molecule has 0 saturated carbocycles. The smallest absolute Gasteiger partial charge is 0.348 e. The maximum Gasteiger partial charge on any atom is 0.348 e. The van der Waals surface area contributed by atoms with Gasteiger partial charge in [-0.15, -0.1) is 11.3 Å². The normalized spacial score (nSPS) is 10.9. The van der Waals surface area contributed by atoms with Crippen molar-refractivity contribution in [2.75, 3.05) is 5.73 Å². The number of carboxylic acid groups (broad SMARTS) is 1. The lowest BCUT2D eigenvalue weighted by atomic mass is 10.2. The van der Waals surface area contributed by atoms with Gasteiger partial charge < -0.3 is 10.8 Å². The first-order valence-corrected chi connectivity index (χ1v) is 5.24. The van der Waals surface area contributed by atoms with Crippen molar-refractivity contribution in [3.05, 3.63) is 20.9 Å². The van der Waals surface area contributed by atoms with E-state index in [0.717, 1.165) is 11.3 Å². The van der Waals surface area contributed by atoms with Crippen molar-refractivity contribution in [2.24, 2.45) is 7.05 Å². The van der Waals surface area contributed by atoms with Crippen LogP contribution in [0.5, 0.6) is 0 Å². The minimum Gasteiger partial charge on any atom is -0.477 e. The summed E-state index contributed by atoms with van der Waals surface area (Å²) in [5.41, 5.74) is 6.05. The molecule has 0 unspecified atom stereocenters. The second-order valence-corrected chi connectivity index (χ2v) is 4.39. The highest BCUT2D eigenvalue weighted by molar-refractivity contribution is 7.21. The van der Waals surface area contributed by atoms with E-state index in [1.54, 1.807) is 6.92 Å². The molecule has 3 N–H and O–H groups in total. The summed E-state index contributed by atoms with van der Waals surface area (Å²) in [6.07, 6.45) is 0. The first-order chi connectivity index (χ1) is 7.43. The van der Waals surface area contributed by atoms with Crippen LogP contribution in [0.1, 0.15) is 15.4 Å². The van der Waals surface area contributed by atoms with Gasteiger partial charge in [-0.25, -0.2) is 9.48 Å². The van der Waals surface area contributed by atoms with Crippen molar-refractivity contribution in [1.82, 2.24) is 9.78 Å². The zero-order valence-electron chi connectivity index (χ0n) is 8.64. The van der Waals surface area contributed by atoms with E-state index in [1.165, 1.54) is 11.7 Å². The van der Waals surface area contributed by atoms with E-state index < -0.39 is 5.97 Å². The van der Waals surface area contributed by atoms with E-state index in [9.17, 15) is 9.59 Å². The molecule has 0 radical (unpaired) electrons. The Morgan fingerprint density at radius 1 is 1.56 bits per heavy atom. The van der Waals surface area contributed by atoms with Gasteiger partial charge in [-0.2, -0.15) is 5.10 Å². The standard InChI is InChI=1S/C9H9N3O3S/c1-3-4-5(10)7(9(14)15)16-6(4)8(13)12(2)11-3/h10H2,1-2H3,(H,14,15). The molecule has 16 heavy (non-hydrogen) atoms. The molecule has 0 spiro atoms. The molecule has 6 nitrogen and oxygen atoms in total. The van der Waals surface area contributed by atoms with Crippen LogP contribution in [0.3, 0.4) is 0 Å². The van der Waals surface area contributed by atoms with Crippen LogP contribution in [0.15, 0.2) is 4.79 Å². The number of hydrogen-bond donors (Lipinski definition) is 2. The monoisotopic (exact) mass is 239 g/mol. The predicted molar refractivity (Wildman–Crippen MR) is 61.0 cm³/mol. The molecule has 0 amide bonds. The van der Waals surface area contributed by atoms with Gasteiger partial charge in [0.05, 0.1) is 11.4 Å². The fourth-order valence-corrected chi connectivity index (χ4v) is 2.66. The van der Waals surface area contributed by atoms with Gasteiger partial charge >= 0.3 is 5.97 Å². The van der Waals surface area contributed by atoms with E-state index in [1.807, 2.05) is 0 Å². The summed E-state index contributed by atoms with van der Waals surface area (Å²) in [6.45, 7) is 1.69. The third-order valence-electron chi connectivity index (χ3n) is 2.29. The van der Waals surface area contributed by atoms with Crippen LogP contribution in [0.4, 0.5) is 5.69 Å². The highest BCUT2D eigenvalue weighted by atomic mass is 32.1. The number of aryl methyl sites for hydroxylation is 2. The van der Waals surface area contributed by atoms with Gasteiger partial charge in [0.25, 0.3) is 5.56 Å². The SMILES string of the molecule is Cc1nn(C)c(=O)c2sc(C(=O)O)c(N)c12. The van der Waals surface area contributed by atoms with E-state index in [0.29, 0.717) is 15.8 Å². The Morgan fingerprint density at radius 2 is 2.19 bits per heavy atom. The summed E-state index contributed by atoms with van der Waals surface area (Å²) in [5.74, 6) is -1.12. The molecule has 0 aliphatic heterocycles. The lowest BCUT2D eigenvalue weighted by molar-refractivity contribution is 0.0703. The van der Waals surface area contributed by atoms with Gasteiger partial charge in [-0.1, -0.05) is 0 Å². The fraction of sp³-hybridized carbons (Fsp3) is 0.222. The molecule has 0 atom stereocenters. The van der Waals surface area contributed by atoms with Gasteiger partial charge in [0.2, 0.25) is 0 Å². The number of carbonyl (C=O) groups is 1. The number of hydrogen-bond acceptors (Lipinski definition) is 5. The van der Waals surface area contributed by atoms with Crippen LogP contribution in [-0.2, 0) is 7.05 Å². The summed E-state index contributed by atoms with van der Waals surface area (Å²) in [6, 6.07) is 0. The van der Waals surface area contributed by atoms with Crippen LogP contribution in [0.25, 0.3) is 10.1 Å². The number of anilines is 1. The molecule has 2 aromatic rings. The lowest BCUT2D eigenvalue weighted by Crippen LogP contribution is -2.19. The Hall–Kier alpha value is -1.89. The summed E-state index contributed by atoms with van der Waals surface area (Å²) in [5, 5.41) is 13.3. The molecule has 0 fully saturated rings. The van der Waals surface area contributed by atoms with E-state index >= 15 is 0 Å². The Kier molecular flexibility index (Phi) is 2.20. The topological polar surface area (TPSA) is 98.2 Å². The molecule has 2 rings (SSSR count). The number of rotatable bonds is 1. The second-order valence-electron chi connectivity index (χ2n) is 3.37. The Bertz CT molecular complexity index is 656. The summed E-state index contributed by atoms with van der Waals surface area (Å²) in [4.78, 5) is 22.6. The van der Waals surface area contributed by atoms with Gasteiger partial charge in [0, 0.05) is 12.4 Å². The Labute approximate surface area is 93.9 Å². The molecule has 0 aliphatic carbocycles. The largest absolute Gasteiger partial charge is 0.477 e. The average molecular weight is 239 g/mol. The molecular weight excluding hydrogens is 230 g/mol. The Balaban J connectivity index is 3.02. The number of aromatic carboxylic acids is 1. The third-order valence-corrected chi connectivity index (χ3v) is 3.47. The van der Waals surface area contributed by atoms with Crippen LogP contribution >= 0.6 is 11.3 Å². The molecule has 2 aromatic heterocycles. The van der Waals surface area contributed by atoms with E-state index in [-0.39, 0.29) is 16.1 Å². The molecular formula is C9H9N3O3S. The average Bonchev–Trinajstić information content (AvgIpc) is 2.53. The van der Waals surface area contributed by atoms with Crippen molar-refractivity contribution in [1.29, 1.82) is 0 Å². The molecule has 84 valence electrons. The maximum atomic E-state index is 11.7. The van der Waals surface area contributed by atoms with Gasteiger partial charge in [0.1, 0.15) is 9.58 Å². The second kappa shape index (κ2) is 3.31. The van der Waals surface area contributed by atoms with Crippen LogP contribution in [0, 0.1) is 6.92 Å².